The van der Waals surface area contributed by atoms with Gasteiger partial charge >= 0.3 is 6.03 Å². The molecule has 1 aliphatic rings. The predicted octanol–water partition coefficient (Wildman–Crippen LogP) is -1.97. The summed E-state index contributed by atoms with van der Waals surface area (Å²) in [5.74, 6) is -1.43. The van der Waals surface area contributed by atoms with Crippen LogP contribution in [0.25, 0.3) is 0 Å². The fourth-order valence-electron chi connectivity index (χ4n) is 1.02. The standard InChI is InChI=1S/C8H14N4O3/c9-6(13)5(7(10)14)12-8(15)11-3-4-1-2-4/h4-5H,1-3H2,(H2,9,13)(H2,10,14)(H2,11,12,15). The van der Waals surface area contributed by atoms with Gasteiger partial charge in [-0.25, -0.2) is 4.79 Å². The van der Waals surface area contributed by atoms with Crippen LogP contribution in [0.15, 0.2) is 0 Å². The van der Waals surface area contributed by atoms with Crippen LogP contribution in [0, 0.1) is 5.92 Å². The third kappa shape index (κ3) is 3.84. The van der Waals surface area contributed by atoms with Crippen LogP contribution >= 0.6 is 0 Å². The van der Waals surface area contributed by atoms with E-state index < -0.39 is 23.9 Å². The highest BCUT2D eigenvalue weighted by Gasteiger charge is 2.25. The topological polar surface area (TPSA) is 127 Å². The van der Waals surface area contributed by atoms with Crippen LogP contribution in [0.5, 0.6) is 0 Å². The molecule has 1 saturated carbocycles. The number of nitrogens with two attached hydrogens (primary N) is 2. The molecule has 0 heterocycles. The van der Waals surface area contributed by atoms with Gasteiger partial charge in [0.1, 0.15) is 0 Å². The van der Waals surface area contributed by atoms with E-state index in [1.54, 1.807) is 0 Å². The molecule has 1 rings (SSSR count). The second-order valence-electron chi connectivity index (χ2n) is 3.54. The zero-order valence-electron chi connectivity index (χ0n) is 8.16. The molecular weight excluding hydrogens is 200 g/mol. The number of rotatable bonds is 5. The van der Waals surface area contributed by atoms with E-state index in [2.05, 4.69) is 10.6 Å². The highest BCUT2D eigenvalue weighted by molar-refractivity contribution is 6.05. The Morgan fingerprint density at radius 1 is 1.20 bits per heavy atom. The van der Waals surface area contributed by atoms with Gasteiger partial charge in [0.05, 0.1) is 0 Å². The Hall–Kier alpha value is -1.79. The zero-order valence-corrected chi connectivity index (χ0v) is 8.16. The predicted molar refractivity (Wildman–Crippen MR) is 51.4 cm³/mol. The highest BCUT2D eigenvalue weighted by atomic mass is 16.2. The van der Waals surface area contributed by atoms with Crippen molar-refractivity contribution in [2.75, 3.05) is 6.54 Å². The van der Waals surface area contributed by atoms with Gasteiger partial charge in [-0.2, -0.15) is 0 Å². The molecule has 1 aliphatic carbocycles. The SMILES string of the molecule is NC(=O)C(NC(=O)NCC1CC1)C(N)=O. The number of hydrogen-bond acceptors (Lipinski definition) is 3. The van der Waals surface area contributed by atoms with E-state index in [-0.39, 0.29) is 0 Å². The van der Waals surface area contributed by atoms with Crippen molar-refractivity contribution >= 4 is 17.8 Å². The van der Waals surface area contributed by atoms with Crippen LogP contribution in [0.3, 0.4) is 0 Å². The molecule has 84 valence electrons. The maximum absolute atomic E-state index is 11.2. The quantitative estimate of drug-likeness (QED) is 0.396. The summed E-state index contributed by atoms with van der Waals surface area (Å²) in [5, 5.41) is 4.62. The van der Waals surface area contributed by atoms with Crippen molar-refractivity contribution in [2.45, 2.75) is 18.9 Å². The molecule has 1 fully saturated rings. The first-order valence-electron chi connectivity index (χ1n) is 4.63. The van der Waals surface area contributed by atoms with Gasteiger partial charge < -0.3 is 22.1 Å². The van der Waals surface area contributed by atoms with Gasteiger partial charge in [0.2, 0.25) is 11.8 Å². The number of hydrogen-bond donors (Lipinski definition) is 4. The smallest absolute Gasteiger partial charge is 0.315 e. The van der Waals surface area contributed by atoms with Crippen molar-refractivity contribution in [2.24, 2.45) is 17.4 Å². The average Bonchev–Trinajstić information content (AvgIpc) is 2.93. The van der Waals surface area contributed by atoms with E-state index in [0.717, 1.165) is 12.8 Å². The second kappa shape index (κ2) is 4.63. The molecule has 7 nitrogen and oxygen atoms in total. The Morgan fingerprint density at radius 3 is 2.13 bits per heavy atom. The van der Waals surface area contributed by atoms with Crippen molar-refractivity contribution in [1.82, 2.24) is 10.6 Å². The molecule has 4 amide bonds. The Balaban J connectivity index is 2.32. The van der Waals surface area contributed by atoms with E-state index >= 15 is 0 Å². The first-order valence-corrected chi connectivity index (χ1v) is 4.63. The molecule has 0 aliphatic heterocycles. The minimum atomic E-state index is -1.45. The van der Waals surface area contributed by atoms with Crippen LogP contribution in [-0.4, -0.2) is 30.4 Å². The summed E-state index contributed by atoms with van der Waals surface area (Å²) in [6, 6.07) is -2.06. The van der Waals surface area contributed by atoms with Gasteiger partial charge in [-0.3, -0.25) is 9.59 Å². The summed E-state index contributed by atoms with van der Waals surface area (Å²) in [5.41, 5.74) is 9.74. The molecule has 0 atom stereocenters. The molecule has 7 heteroatoms. The molecule has 0 aromatic carbocycles. The van der Waals surface area contributed by atoms with Gasteiger partial charge in [-0.1, -0.05) is 0 Å². The number of nitrogens with one attached hydrogen (secondary N) is 2. The Bertz CT molecular complexity index is 274. The van der Waals surface area contributed by atoms with E-state index in [0.29, 0.717) is 12.5 Å². The van der Waals surface area contributed by atoms with Gasteiger partial charge in [0, 0.05) is 6.54 Å². The molecular formula is C8H14N4O3. The molecule has 0 saturated heterocycles. The fourth-order valence-corrected chi connectivity index (χ4v) is 1.02. The summed E-state index contributed by atoms with van der Waals surface area (Å²) in [7, 11) is 0. The maximum Gasteiger partial charge on any atom is 0.315 e. The van der Waals surface area contributed by atoms with Gasteiger partial charge in [0.15, 0.2) is 6.04 Å². The molecule has 6 N–H and O–H groups in total. The minimum absolute atomic E-state index is 0.511. The third-order valence-corrected chi connectivity index (χ3v) is 2.09. The lowest BCUT2D eigenvalue weighted by molar-refractivity contribution is -0.128. The number of carbonyl (C=O) groups is 3. The van der Waals surface area contributed by atoms with Crippen LogP contribution in [-0.2, 0) is 9.59 Å². The summed E-state index contributed by atoms with van der Waals surface area (Å²) in [6.07, 6.45) is 2.19. The van der Waals surface area contributed by atoms with Crippen molar-refractivity contribution in [1.29, 1.82) is 0 Å². The third-order valence-electron chi connectivity index (χ3n) is 2.09. The molecule has 0 radical (unpaired) electrons. The minimum Gasteiger partial charge on any atom is -0.367 e. The van der Waals surface area contributed by atoms with Crippen molar-refractivity contribution in [3.8, 4) is 0 Å². The van der Waals surface area contributed by atoms with Crippen molar-refractivity contribution in [3.63, 3.8) is 0 Å². The van der Waals surface area contributed by atoms with E-state index in [4.69, 9.17) is 11.5 Å². The van der Waals surface area contributed by atoms with Gasteiger partial charge in [-0.05, 0) is 18.8 Å². The van der Waals surface area contributed by atoms with Crippen LogP contribution in [0.1, 0.15) is 12.8 Å². The molecule has 15 heavy (non-hydrogen) atoms. The van der Waals surface area contributed by atoms with Gasteiger partial charge in [-0.15, -0.1) is 0 Å². The van der Waals surface area contributed by atoms with E-state index in [9.17, 15) is 14.4 Å². The number of urea groups is 1. The molecule has 0 unspecified atom stereocenters. The fraction of sp³-hybridized carbons (Fsp3) is 0.625. The second-order valence-corrected chi connectivity index (χ2v) is 3.54. The van der Waals surface area contributed by atoms with Crippen molar-refractivity contribution in [3.05, 3.63) is 0 Å². The summed E-state index contributed by atoms with van der Waals surface area (Å²) < 4.78 is 0. The van der Waals surface area contributed by atoms with Crippen molar-refractivity contribution < 1.29 is 14.4 Å². The highest BCUT2D eigenvalue weighted by Crippen LogP contribution is 2.27. The number of carbonyl (C=O) groups excluding carboxylic acids is 3. The lowest BCUT2D eigenvalue weighted by Gasteiger charge is -2.12. The monoisotopic (exact) mass is 214 g/mol. The van der Waals surface area contributed by atoms with Crippen LogP contribution < -0.4 is 22.1 Å². The summed E-state index contributed by atoms with van der Waals surface area (Å²) in [4.78, 5) is 32.6. The Morgan fingerprint density at radius 2 is 1.73 bits per heavy atom. The summed E-state index contributed by atoms with van der Waals surface area (Å²) in [6.45, 7) is 0.538. The van der Waals surface area contributed by atoms with Crippen LogP contribution in [0.2, 0.25) is 0 Å². The Labute approximate surface area is 86.6 Å². The lowest BCUT2D eigenvalue weighted by Crippen LogP contribution is -2.55. The molecule has 0 spiro atoms. The zero-order chi connectivity index (χ0) is 11.4. The maximum atomic E-state index is 11.2. The Kier molecular flexibility index (Phi) is 3.48. The number of amides is 4. The first-order chi connectivity index (χ1) is 7.00. The molecule has 0 bridgehead atoms. The van der Waals surface area contributed by atoms with Gasteiger partial charge in [0.25, 0.3) is 0 Å². The lowest BCUT2D eigenvalue weighted by atomic mass is 10.3. The average molecular weight is 214 g/mol. The van der Waals surface area contributed by atoms with Crippen LogP contribution in [0.4, 0.5) is 4.79 Å². The molecule has 0 aromatic heterocycles. The summed E-state index contributed by atoms with van der Waals surface area (Å²) >= 11 is 0. The molecule has 0 aromatic rings. The first kappa shape index (κ1) is 11.3. The largest absolute Gasteiger partial charge is 0.367 e. The van der Waals surface area contributed by atoms with E-state index in [1.807, 2.05) is 0 Å². The van der Waals surface area contributed by atoms with E-state index in [1.165, 1.54) is 0 Å². The number of primary amides is 2. The normalized spacial score (nSPS) is 14.7.